The number of carboxylic acid groups (broad SMARTS) is 2. The Bertz CT molecular complexity index is 1130. The van der Waals surface area contributed by atoms with Crippen LogP contribution in [-0.4, -0.2) is 37.4 Å². The average molecular weight is 472 g/mol. The first-order chi connectivity index (χ1) is 14.6. The normalized spacial score (nSPS) is 12.8. The lowest BCUT2D eigenvalue weighted by Crippen LogP contribution is -2.37. The Morgan fingerprint density at radius 3 is 2.65 bits per heavy atom. The molecule has 1 unspecified atom stereocenters. The first-order valence-electron chi connectivity index (χ1n) is 8.86. The number of aliphatic carboxylic acids is 2. The van der Waals surface area contributed by atoms with Gasteiger partial charge in [-0.3, -0.25) is 9.59 Å². The number of pyridine rings is 1. The van der Waals surface area contributed by atoms with Gasteiger partial charge in [0.05, 0.1) is 29.6 Å². The van der Waals surface area contributed by atoms with Crippen LogP contribution < -0.4 is 4.57 Å². The molecule has 31 heavy (non-hydrogen) atoms. The van der Waals surface area contributed by atoms with Crippen molar-refractivity contribution in [3.63, 3.8) is 0 Å². The van der Waals surface area contributed by atoms with Crippen LogP contribution in [0, 0.1) is 6.92 Å². The van der Waals surface area contributed by atoms with Gasteiger partial charge in [-0.1, -0.05) is 32.6 Å². The highest BCUT2D eigenvalue weighted by molar-refractivity contribution is 8.76. The zero-order chi connectivity index (χ0) is 22.8. The molecule has 3 rings (SSSR count). The molecule has 3 aromatic rings. The van der Waals surface area contributed by atoms with E-state index in [4.69, 9.17) is 10.2 Å². The number of fused-ring (bicyclic) bond motifs is 1. The van der Waals surface area contributed by atoms with E-state index in [1.807, 2.05) is 13.0 Å². The second-order valence-electron chi connectivity index (χ2n) is 6.58. The third-order valence-electron chi connectivity index (χ3n) is 4.37. The molecule has 2 aromatic heterocycles. The van der Waals surface area contributed by atoms with Gasteiger partial charge in [-0.2, -0.15) is 13.2 Å². The molecule has 0 saturated carbocycles. The third-order valence-corrected chi connectivity index (χ3v) is 6.95. The largest absolute Gasteiger partial charge is 0.481 e. The highest BCUT2D eigenvalue weighted by Crippen LogP contribution is 2.33. The predicted molar refractivity (Wildman–Crippen MR) is 110 cm³/mol. The molecule has 0 aliphatic rings. The molecule has 1 atom stereocenters. The summed E-state index contributed by atoms with van der Waals surface area (Å²) >= 11 is 0. The maximum atomic E-state index is 13.0. The fourth-order valence-electron chi connectivity index (χ4n) is 2.81. The van der Waals surface area contributed by atoms with Gasteiger partial charge < -0.3 is 10.2 Å². The summed E-state index contributed by atoms with van der Waals surface area (Å²) in [5, 5.41) is 16.9. The molecular weight excluding hydrogens is 455 g/mol. The molecule has 0 saturated heterocycles. The standard InChI is InChI=1S/C19H16F3N3O4S2/c1-10-3-2-6-25(14(10)9-30-31-15(17(28)29)8-16(26)27)18-23-12-5-4-11(19(20,21)22)7-13(12)24-18/h2-7,15H,8-9H2,1H3,(H2-,23,24,26,27,28,29)/p+1. The number of H-pyrrole nitrogens is 1. The number of aryl methyl sites for hydroxylation is 1. The Morgan fingerprint density at radius 2 is 2.00 bits per heavy atom. The minimum atomic E-state index is -4.47. The van der Waals surface area contributed by atoms with Gasteiger partial charge in [0.15, 0.2) is 5.52 Å². The molecule has 0 spiro atoms. The van der Waals surface area contributed by atoms with Crippen molar-refractivity contribution in [2.75, 3.05) is 0 Å². The topological polar surface area (TPSA) is 107 Å². The highest BCUT2D eigenvalue weighted by atomic mass is 33.1. The highest BCUT2D eigenvalue weighted by Gasteiger charge is 2.32. The van der Waals surface area contributed by atoms with Gasteiger partial charge in [0, 0.05) is 0 Å². The minimum Gasteiger partial charge on any atom is -0.481 e. The maximum Gasteiger partial charge on any atom is 0.416 e. The molecule has 164 valence electrons. The van der Waals surface area contributed by atoms with E-state index in [-0.39, 0.29) is 5.52 Å². The molecule has 0 amide bonds. The number of imidazole rings is 1. The first kappa shape index (κ1) is 22.9. The number of aromatic nitrogens is 3. The first-order valence-corrected chi connectivity index (χ1v) is 11.2. The molecule has 0 fully saturated rings. The van der Waals surface area contributed by atoms with Gasteiger partial charge in [0.2, 0.25) is 0 Å². The number of alkyl halides is 3. The fraction of sp³-hybridized carbons (Fsp3) is 0.263. The second-order valence-corrected chi connectivity index (χ2v) is 9.15. The summed E-state index contributed by atoms with van der Waals surface area (Å²) in [6.45, 7) is 1.84. The van der Waals surface area contributed by atoms with Crippen molar-refractivity contribution in [1.29, 1.82) is 0 Å². The van der Waals surface area contributed by atoms with E-state index in [0.29, 0.717) is 17.2 Å². The van der Waals surface area contributed by atoms with Crippen LogP contribution in [0.4, 0.5) is 13.2 Å². The minimum absolute atomic E-state index is 0.235. The van der Waals surface area contributed by atoms with Gasteiger partial charge in [-0.15, -0.1) is 0 Å². The Kier molecular flexibility index (Phi) is 6.80. The number of nitrogens with zero attached hydrogens (tertiary/aromatic N) is 2. The number of benzene rings is 1. The zero-order valence-corrected chi connectivity index (χ0v) is 17.6. The van der Waals surface area contributed by atoms with E-state index in [1.165, 1.54) is 16.9 Å². The van der Waals surface area contributed by atoms with E-state index < -0.39 is 35.3 Å². The van der Waals surface area contributed by atoms with Gasteiger partial charge in [0.1, 0.15) is 10.8 Å². The summed E-state index contributed by atoms with van der Waals surface area (Å²) in [7, 11) is 2.12. The molecule has 2 heterocycles. The second kappa shape index (κ2) is 9.18. The quantitative estimate of drug-likeness (QED) is 0.336. The van der Waals surface area contributed by atoms with Crippen molar-refractivity contribution in [1.82, 2.24) is 9.97 Å². The van der Waals surface area contributed by atoms with Crippen LogP contribution in [0.1, 0.15) is 23.2 Å². The lowest BCUT2D eigenvalue weighted by Gasteiger charge is -2.11. The molecule has 1 aromatic carbocycles. The number of aromatic amines is 1. The molecule has 0 aliphatic carbocycles. The number of carboxylic acids is 2. The Balaban J connectivity index is 1.87. The van der Waals surface area contributed by atoms with Crippen LogP contribution in [0.15, 0.2) is 36.5 Å². The van der Waals surface area contributed by atoms with Gasteiger partial charge >= 0.3 is 24.1 Å². The van der Waals surface area contributed by atoms with Crippen LogP contribution in [0.5, 0.6) is 0 Å². The lowest BCUT2D eigenvalue weighted by atomic mass is 10.2. The number of nitrogens with one attached hydrogen (secondary N) is 1. The molecule has 12 heteroatoms. The molecule has 3 N–H and O–H groups in total. The van der Waals surface area contributed by atoms with Crippen LogP contribution >= 0.6 is 21.6 Å². The summed E-state index contributed by atoms with van der Waals surface area (Å²) in [5.74, 6) is -1.77. The molecule has 0 aliphatic heterocycles. The summed E-state index contributed by atoms with van der Waals surface area (Å²) in [4.78, 5) is 29.3. The average Bonchev–Trinajstić information content (AvgIpc) is 3.10. The Hall–Kier alpha value is -2.73. The van der Waals surface area contributed by atoms with Crippen molar-refractivity contribution < 1.29 is 37.5 Å². The van der Waals surface area contributed by atoms with Crippen LogP contribution in [0.3, 0.4) is 0 Å². The summed E-state index contributed by atoms with van der Waals surface area (Å²) in [6.07, 6.45) is -3.28. The van der Waals surface area contributed by atoms with E-state index in [1.54, 1.807) is 16.8 Å². The number of hydrogen-bond acceptors (Lipinski definition) is 5. The van der Waals surface area contributed by atoms with Gasteiger partial charge in [-0.05, 0) is 36.8 Å². The Morgan fingerprint density at radius 1 is 1.26 bits per heavy atom. The van der Waals surface area contributed by atoms with E-state index in [2.05, 4.69) is 9.97 Å². The maximum absolute atomic E-state index is 13.0. The number of halogens is 3. The van der Waals surface area contributed by atoms with Gasteiger partial charge in [0.25, 0.3) is 0 Å². The van der Waals surface area contributed by atoms with E-state index in [0.717, 1.165) is 34.2 Å². The summed E-state index contributed by atoms with van der Waals surface area (Å²) in [5.41, 5.74) is 1.43. The lowest BCUT2D eigenvalue weighted by molar-refractivity contribution is -0.610. The number of rotatable bonds is 8. The molecule has 0 bridgehead atoms. The number of carbonyl (C=O) groups is 2. The van der Waals surface area contributed by atoms with E-state index >= 15 is 0 Å². The molecule has 7 nitrogen and oxygen atoms in total. The van der Waals surface area contributed by atoms with Crippen molar-refractivity contribution in [2.45, 2.75) is 30.5 Å². The van der Waals surface area contributed by atoms with Crippen molar-refractivity contribution in [3.8, 4) is 5.95 Å². The fourth-order valence-corrected chi connectivity index (χ4v) is 5.30. The summed E-state index contributed by atoms with van der Waals surface area (Å²) < 4.78 is 40.6. The summed E-state index contributed by atoms with van der Waals surface area (Å²) in [6, 6.07) is 6.86. The monoisotopic (exact) mass is 472 g/mol. The SMILES string of the molecule is Cc1ccc[n+](-c2nc3ccc(C(F)(F)F)cc3[nH]2)c1CSSC(CC(=O)O)C(=O)O. The van der Waals surface area contributed by atoms with Crippen molar-refractivity contribution in [2.24, 2.45) is 0 Å². The smallest absolute Gasteiger partial charge is 0.416 e. The van der Waals surface area contributed by atoms with Crippen LogP contribution in [0.2, 0.25) is 0 Å². The van der Waals surface area contributed by atoms with Crippen LogP contribution in [0.25, 0.3) is 17.0 Å². The predicted octanol–water partition coefficient (Wildman–Crippen LogP) is 3.98. The zero-order valence-electron chi connectivity index (χ0n) is 16.0. The number of hydrogen-bond donors (Lipinski definition) is 3. The van der Waals surface area contributed by atoms with Gasteiger partial charge in [-0.25, -0.2) is 9.55 Å². The van der Waals surface area contributed by atoms with Crippen LogP contribution in [-0.2, 0) is 21.5 Å². The van der Waals surface area contributed by atoms with E-state index in [9.17, 15) is 22.8 Å². The van der Waals surface area contributed by atoms with Crippen molar-refractivity contribution >= 4 is 44.6 Å². The Labute approximate surface area is 182 Å². The van der Waals surface area contributed by atoms with Crippen molar-refractivity contribution in [3.05, 3.63) is 53.3 Å². The molecule has 0 radical (unpaired) electrons. The molecular formula is C19H17F3N3O4S2+. The third kappa shape index (κ3) is 5.50.